The van der Waals surface area contributed by atoms with Crippen LogP contribution in [0.4, 0.5) is 0 Å². The van der Waals surface area contributed by atoms with Crippen molar-refractivity contribution in [2.45, 2.75) is 38.3 Å². The average Bonchev–Trinajstić information content (AvgIpc) is 3.17. The Kier molecular flexibility index (Phi) is 4.76. The summed E-state index contributed by atoms with van der Waals surface area (Å²) in [6.07, 6.45) is 2.52. The molecule has 9 heteroatoms. The Morgan fingerprint density at radius 3 is 2.91 bits per heavy atom. The van der Waals surface area contributed by atoms with E-state index in [4.69, 9.17) is 14.0 Å². The Hall–Kier alpha value is -1.03. The van der Waals surface area contributed by atoms with Crippen LogP contribution in [0.3, 0.4) is 0 Å². The topological polar surface area (TPSA) is 94.8 Å². The van der Waals surface area contributed by atoms with Crippen molar-refractivity contribution in [3.63, 3.8) is 0 Å². The van der Waals surface area contributed by atoms with E-state index in [-0.39, 0.29) is 24.4 Å². The molecule has 0 N–H and O–H groups in total. The molecule has 0 radical (unpaired) electrons. The van der Waals surface area contributed by atoms with Crippen LogP contribution in [0.15, 0.2) is 4.52 Å². The summed E-state index contributed by atoms with van der Waals surface area (Å²) in [5.74, 6) is 0.844. The van der Waals surface area contributed by atoms with Gasteiger partial charge in [-0.3, -0.25) is 0 Å². The lowest BCUT2D eigenvalue weighted by molar-refractivity contribution is 0.0201. The first-order valence-electron chi connectivity index (χ1n) is 7.55. The van der Waals surface area contributed by atoms with Crippen molar-refractivity contribution in [3.05, 3.63) is 11.7 Å². The first-order chi connectivity index (χ1) is 10.6. The van der Waals surface area contributed by atoms with Crippen molar-refractivity contribution < 1.29 is 22.4 Å². The van der Waals surface area contributed by atoms with E-state index < -0.39 is 16.1 Å². The van der Waals surface area contributed by atoms with Crippen molar-refractivity contribution in [3.8, 4) is 0 Å². The number of morpholine rings is 1. The van der Waals surface area contributed by atoms with Gasteiger partial charge in [-0.15, -0.1) is 0 Å². The first-order valence-corrected chi connectivity index (χ1v) is 9.16. The van der Waals surface area contributed by atoms with Crippen LogP contribution in [-0.2, 0) is 19.5 Å². The van der Waals surface area contributed by atoms with Crippen LogP contribution < -0.4 is 0 Å². The van der Waals surface area contributed by atoms with Gasteiger partial charge in [0.1, 0.15) is 6.04 Å². The molecule has 3 rings (SSSR count). The maximum Gasteiger partial charge on any atom is 0.247 e. The fourth-order valence-corrected chi connectivity index (χ4v) is 4.52. The molecule has 2 fully saturated rings. The zero-order chi connectivity index (χ0) is 15.6. The molecule has 8 nitrogen and oxygen atoms in total. The molecule has 22 heavy (non-hydrogen) atoms. The summed E-state index contributed by atoms with van der Waals surface area (Å²) in [5, 5.41) is 3.73. The van der Waals surface area contributed by atoms with Crippen LogP contribution >= 0.6 is 0 Å². The standard InChI is InChI=1S/C13H21N3O5S/c1-10-14-13(21-15-10)12-9-19-7-5-16(12)22(17,18)8-4-11-3-2-6-20-11/h11-12H,2-9H2,1H3/t11-,12+/m1/s1. The van der Waals surface area contributed by atoms with Crippen molar-refractivity contribution in [2.75, 3.05) is 32.1 Å². The van der Waals surface area contributed by atoms with Crippen LogP contribution in [0.1, 0.15) is 37.0 Å². The second kappa shape index (κ2) is 6.61. The van der Waals surface area contributed by atoms with E-state index in [1.54, 1.807) is 6.92 Å². The van der Waals surface area contributed by atoms with E-state index in [2.05, 4.69) is 10.1 Å². The highest BCUT2D eigenvalue weighted by Gasteiger charge is 2.37. The third-order valence-corrected chi connectivity index (χ3v) is 5.89. The minimum Gasteiger partial charge on any atom is -0.378 e. The second-order valence-electron chi connectivity index (χ2n) is 5.62. The first kappa shape index (κ1) is 15.9. The van der Waals surface area contributed by atoms with Gasteiger partial charge >= 0.3 is 0 Å². The molecule has 0 aliphatic carbocycles. The lowest BCUT2D eigenvalue weighted by Gasteiger charge is -2.32. The van der Waals surface area contributed by atoms with E-state index in [0.29, 0.717) is 25.4 Å². The molecule has 2 aliphatic rings. The molecular formula is C13H21N3O5S. The van der Waals surface area contributed by atoms with Gasteiger partial charge in [-0.25, -0.2) is 8.42 Å². The third-order valence-electron chi connectivity index (χ3n) is 3.99. The van der Waals surface area contributed by atoms with E-state index >= 15 is 0 Å². The lowest BCUT2D eigenvalue weighted by atomic mass is 10.2. The molecule has 2 atom stereocenters. The average molecular weight is 331 g/mol. The van der Waals surface area contributed by atoms with Gasteiger partial charge in [0.2, 0.25) is 15.9 Å². The maximum atomic E-state index is 12.7. The van der Waals surface area contributed by atoms with Gasteiger partial charge in [-0.1, -0.05) is 5.16 Å². The fourth-order valence-electron chi connectivity index (χ4n) is 2.83. The molecule has 0 aromatic carbocycles. The Bertz CT molecular complexity index is 597. The summed E-state index contributed by atoms with van der Waals surface area (Å²) in [4.78, 5) is 4.15. The number of nitrogens with zero attached hydrogens (tertiary/aromatic N) is 3. The van der Waals surface area contributed by atoms with E-state index in [1.807, 2.05) is 0 Å². The van der Waals surface area contributed by atoms with Gasteiger partial charge in [0.25, 0.3) is 0 Å². The van der Waals surface area contributed by atoms with Crippen molar-refractivity contribution in [1.82, 2.24) is 14.4 Å². The molecule has 2 aliphatic heterocycles. The summed E-state index contributed by atoms with van der Waals surface area (Å²) in [6, 6.07) is -0.538. The summed E-state index contributed by atoms with van der Waals surface area (Å²) in [6.45, 7) is 3.35. The van der Waals surface area contributed by atoms with Crippen molar-refractivity contribution in [2.24, 2.45) is 0 Å². The zero-order valence-electron chi connectivity index (χ0n) is 12.6. The molecule has 0 bridgehead atoms. The maximum absolute atomic E-state index is 12.7. The largest absolute Gasteiger partial charge is 0.378 e. The van der Waals surface area contributed by atoms with Crippen LogP contribution in [0.5, 0.6) is 0 Å². The Labute approximate surface area is 129 Å². The lowest BCUT2D eigenvalue weighted by Crippen LogP contribution is -2.44. The summed E-state index contributed by atoms with van der Waals surface area (Å²) in [5.41, 5.74) is 0. The van der Waals surface area contributed by atoms with E-state index in [9.17, 15) is 8.42 Å². The number of rotatable bonds is 5. The predicted molar refractivity (Wildman–Crippen MR) is 76.7 cm³/mol. The van der Waals surface area contributed by atoms with Crippen LogP contribution in [0, 0.1) is 6.92 Å². The Morgan fingerprint density at radius 2 is 2.23 bits per heavy atom. The van der Waals surface area contributed by atoms with E-state index in [1.165, 1.54) is 4.31 Å². The number of ether oxygens (including phenoxy) is 2. The SMILES string of the molecule is Cc1noc([C@@H]2COCCN2S(=O)(=O)CC[C@H]2CCCO2)n1. The van der Waals surface area contributed by atoms with Gasteiger partial charge < -0.3 is 14.0 Å². The van der Waals surface area contributed by atoms with Gasteiger partial charge in [-0.05, 0) is 26.2 Å². The number of sulfonamides is 1. The molecule has 0 amide bonds. The van der Waals surface area contributed by atoms with E-state index in [0.717, 1.165) is 19.4 Å². The molecule has 1 aromatic heterocycles. The van der Waals surface area contributed by atoms with Crippen molar-refractivity contribution >= 4 is 10.0 Å². The van der Waals surface area contributed by atoms with Gasteiger partial charge in [0.15, 0.2) is 5.82 Å². The summed E-state index contributed by atoms with van der Waals surface area (Å²) < 4.78 is 42.8. The Balaban J connectivity index is 1.71. The second-order valence-corrected chi connectivity index (χ2v) is 7.66. The summed E-state index contributed by atoms with van der Waals surface area (Å²) >= 11 is 0. The predicted octanol–water partition coefficient (Wildman–Crippen LogP) is 0.650. The molecule has 1 aromatic rings. The highest BCUT2D eigenvalue weighted by Crippen LogP contribution is 2.27. The molecule has 2 saturated heterocycles. The van der Waals surface area contributed by atoms with Crippen LogP contribution in [0.25, 0.3) is 0 Å². The molecular weight excluding hydrogens is 310 g/mol. The molecule has 0 saturated carbocycles. The van der Waals surface area contributed by atoms with Gasteiger partial charge in [0.05, 0.1) is 25.1 Å². The van der Waals surface area contributed by atoms with Crippen LogP contribution in [-0.4, -0.2) is 61.1 Å². The molecule has 124 valence electrons. The summed E-state index contributed by atoms with van der Waals surface area (Å²) in [7, 11) is -3.41. The number of hydrogen-bond donors (Lipinski definition) is 0. The van der Waals surface area contributed by atoms with Gasteiger partial charge in [0, 0.05) is 13.2 Å². The highest BCUT2D eigenvalue weighted by atomic mass is 32.2. The smallest absolute Gasteiger partial charge is 0.247 e. The number of hydrogen-bond acceptors (Lipinski definition) is 7. The minimum atomic E-state index is -3.41. The molecule has 0 spiro atoms. The third kappa shape index (κ3) is 3.48. The molecule has 0 unspecified atom stereocenters. The normalized spacial score (nSPS) is 27.3. The Morgan fingerprint density at radius 1 is 1.36 bits per heavy atom. The highest BCUT2D eigenvalue weighted by molar-refractivity contribution is 7.89. The van der Waals surface area contributed by atoms with Crippen molar-refractivity contribution in [1.29, 1.82) is 0 Å². The monoisotopic (exact) mass is 331 g/mol. The number of aromatic nitrogens is 2. The molecule has 3 heterocycles. The number of aryl methyl sites for hydroxylation is 1. The zero-order valence-corrected chi connectivity index (χ0v) is 13.4. The van der Waals surface area contributed by atoms with Gasteiger partial charge in [-0.2, -0.15) is 9.29 Å². The quantitative estimate of drug-likeness (QED) is 0.781. The van der Waals surface area contributed by atoms with Crippen LogP contribution in [0.2, 0.25) is 0 Å². The fraction of sp³-hybridized carbons (Fsp3) is 0.846. The minimum absolute atomic E-state index is 0.0555.